The number of hydrogen-bond acceptors (Lipinski definition) is 4. The molecule has 0 saturated heterocycles. The normalized spacial score (nSPS) is 10.8. The molecule has 0 aromatic carbocycles. The van der Waals surface area contributed by atoms with Crippen LogP contribution in [0.1, 0.15) is 19.7 Å². The average Bonchev–Trinajstić information content (AvgIpc) is 2.74. The molecule has 2 aromatic heterocycles. The van der Waals surface area contributed by atoms with Crippen LogP contribution in [0.2, 0.25) is 0 Å². The maximum absolute atomic E-state index is 5.59. The third-order valence-corrected chi connectivity index (χ3v) is 2.24. The van der Waals surface area contributed by atoms with Gasteiger partial charge in [0.1, 0.15) is 18.7 Å². The van der Waals surface area contributed by atoms with Crippen LogP contribution in [0.15, 0.2) is 30.9 Å². The molecule has 5 nitrogen and oxygen atoms in total. The zero-order valence-corrected chi connectivity index (χ0v) is 10.1. The summed E-state index contributed by atoms with van der Waals surface area (Å²) in [6.45, 7) is 5.56. The molecule has 0 atom stereocenters. The molecule has 0 N–H and O–H groups in total. The highest BCUT2D eigenvalue weighted by atomic mass is 16.5. The monoisotopic (exact) mass is 232 g/mol. The van der Waals surface area contributed by atoms with Crippen molar-refractivity contribution in [1.82, 2.24) is 19.7 Å². The number of ether oxygens (including phenoxy) is 1. The highest BCUT2D eigenvalue weighted by Gasteiger charge is 2.06. The molecule has 2 heterocycles. The van der Waals surface area contributed by atoms with Crippen LogP contribution in [0.25, 0.3) is 0 Å². The predicted molar refractivity (Wildman–Crippen MR) is 63.4 cm³/mol. The van der Waals surface area contributed by atoms with E-state index >= 15 is 0 Å². The number of hydrogen-bond donors (Lipinski definition) is 0. The van der Waals surface area contributed by atoms with E-state index in [1.165, 1.54) is 0 Å². The summed E-state index contributed by atoms with van der Waals surface area (Å²) in [5.74, 6) is 2.11. The Balaban J connectivity index is 1.97. The van der Waals surface area contributed by atoms with Crippen LogP contribution < -0.4 is 4.74 Å². The minimum Gasteiger partial charge on any atom is -0.484 e. The zero-order valence-electron chi connectivity index (χ0n) is 10.1. The van der Waals surface area contributed by atoms with Crippen molar-refractivity contribution in [2.24, 2.45) is 5.92 Å². The molecule has 2 aromatic rings. The largest absolute Gasteiger partial charge is 0.484 e. The Labute approximate surface area is 100 Å². The molecule has 0 radical (unpaired) electrons. The van der Waals surface area contributed by atoms with Crippen molar-refractivity contribution < 1.29 is 4.74 Å². The van der Waals surface area contributed by atoms with E-state index in [9.17, 15) is 0 Å². The van der Waals surface area contributed by atoms with E-state index in [2.05, 4.69) is 28.9 Å². The van der Waals surface area contributed by atoms with Crippen molar-refractivity contribution in [3.8, 4) is 5.75 Å². The standard InChI is InChI=1S/C12H16N4O/c1-10(2)7-16-12(14-9-15-16)8-17-11-4-3-5-13-6-11/h3-6,9-10H,7-8H2,1-2H3. The predicted octanol–water partition coefficient (Wildman–Crippen LogP) is 1.91. The highest BCUT2D eigenvalue weighted by Crippen LogP contribution is 2.09. The van der Waals surface area contributed by atoms with Gasteiger partial charge < -0.3 is 4.74 Å². The summed E-state index contributed by atoms with van der Waals surface area (Å²) in [5.41, 5.74) is 0. The van der Waals surface area contributed by atoms with Crippen LogP contribution in [-0.2, 0) is 13.2 Å². The Morgan fingerprint density at radius 3 is 3.00 bits per heavy atom. The lowest BCUT2D eigenvalue weighted by Crippen LogP contribution is -2.12. The lowest BCUT2D eigenvalue weighted by atomic mass is 10.2. The first kappa shape index (κ1) is 11.6. The van der Waals surface area contributed by atoms with E-state index < -0.39 is 0 Å². The number of rotatable bonds is 5. The summed E-state index contributed by atoms with van der Waals surface area (Å²) < 4.78 is 7.46. The van der Waals surface area contributed by atoms with Gasteiger partial charge in [-0.25, -0.2) is 9.67 Å². The fourth-order valence-corrected chi connectivity index (χ4v) is 1.48. The molecule has 0 spiro atoms. The Morgan fingerprint density at radius 2 is 2.29 bits per heavy atom. The average molecular weight is 232 g/mol. The van der Waals surface area contributed by atoms with Crippen molar-refractivity contribution in [1.29, 1.82) is 0 Å². The fraction of sp³-hybridized carbons (Fsp3) is 0.417. The molecule has 0 fully saturated rings. The Morgan fingerprint density at radius 1 is 1.41 bits per heavy atom. The maximum atomic E-state index is 5.59. The summed E-state index contributed by atoms with van der Waals surface area (Å²) in [5, 5.41) is 4.18. The molecule has 0 aliphatic rings. The number of pyridine rings is 1. The van der Waals surface area contributed by atoms with Crippen LogP contribution in [-0.4, -0.2) is 19.7 Å². The van der Waals surface area contributed by atoms with Crippen molar-refractivity contribution in [3.05, 3.63) is 36.7 Å². The SMILES string of the molecule is CC(C)Cn1ncnc1COc1cccnc1. The molecule has 5 heteroatoms. The van der Waals surface area contributed by atoms with Crippen molar-refractivity contribution in [2.45, 2.75) is 27.0 Å². The van der Waals surface area contributed by atoms with E-state index in [4.69, 9.17) is 4.74 Å². The number of aromatic nitrogens is 4. The second-order valence-corrected chi connectivity index (χ2v) is 4.23. The first-order chi connectivity index (χ1) is 8.25. The smallest absolute Gasteiger partial charge is 0.164 e. The van der Waals surface area contributed by atoms with E-state index in [1.807, 2.05) is 16.8 Å². The lowest BCUT2D eigenvalue weighted by Gasteiger charge is -2.09. The molecule has 0 unspecified atom stereocenters. The quantitative estimate of drug-likeness (QED) is 0.790. The van der Waals surface area contributed by atoms with E-state index in [1.54, 1.807) is 18.7 Å². The first-order valence-corrected chi connectivity index (χ1v) is 5.65. The van der Waals surface area contributed by atoms with Gasteiger partial charge in [-0.05, 0) is 18.1 Å². The van der Waals surface area contributed by atoms with Gasteiger partial charge in [-0.2, -0.15) is 5.10 Å². The van der Waals surface area contributed by atoms with Crippen molar-refractivity contribution >= 4 is 0 Å². The molecule has 90 valence electrons. The Kier molecular flexibility index (Phi) is 3.69. The van der Waals surface area contributed by atoms with Gasteiger partial charge in [0.2, 0.25) is 0 Å². The summed E-state index contributed by atoms with van der Waals surface area (Å²) >= 11 is 0. The fourth-order valence-electron chi connectivity index (χ4n) is 1.48. The van der Waals surface area contributed by atoms with Gasteiger partial charge in [0.25, 0.3) is 0 Å². The summed E-state index contributed by atoms with van der Waals surface area (Å²) in [6, 6.07) is 3.71. The van der Waals surface area contributed by atoms with Gasteiger partial charge in [0.15, 0.2) is 5.82 Å². The van der Waals surface area contributed by atoms with E-state index in [-0.39, 0.29) is 0 Å². The van der Waals surface area contributed by atoms with Gasteiger partial charge in [-0.1, -0.05) is 13.8 Å². The molecular weight excluding hydrogens is 216 g/mol. The molecule has 0 saturated carbocycles. The highest BCUT2D eigenvalue weighted by molar-refractivity contribution is 5.15. The molecule has 2 rings (SSSR count). The summed E-state index contributed by atoms with van der Waals surface area (Å²) in [7, 11) is 0. The molecule has 17 heavy (non-hydrogen) atoms. The summed E-state index contributed by atoms with van der Waals surface area (Å²) in [4.78, 5) is 8.18. The molecule has 0 aliphatic carbocycles. The second kappa shape index (κ2) is 5.43. The first-order valence-electron chi connectivity index (χ1n) is 5.65. The van der Waals surface area contributed by atoms with Crippen molar-refractivity contribution in [3.63, 3.8) is 0 Å². The molecule has 0 aliphatic heterocycles. The minimum atomic E-state index is 0.415. The van der Waals surface area contributed by atoms with Gasteiger partial charge in [-0.15, -0.1) is 0 Å². The van der Waals surface area contributed by atoms with Crippen LogP contribution >= 0.6 is 0 Å². The maximum Gasteiger partial charge on any atom is 0.164 e. The van der Waals surface area contributed by atoms with Crippen LogP contribution in [0.4, 0.5) is 0 Å². The van der Waals surface area contributed by atoms with Crippen LogP contribution in [0.5, 0.6) is 5.75 Å². The van der Waals surface area contributed by atoms with Gasteiger partial charge in [0.05, 0.1) is 6.20 Å². The topological polar surface area (TPSA) is 52.8 Å². The van der Waals surface area contributed by atoms with E-state index in [0.717, 1.165) is 18.1 Å². The van der Waals surface area contributed by atoms with Gasteiger partial charge in [-0.3, -0.25) is 4.98 Å². The summed E-state index contributed by atoms with van der Waals surface area (Å²) in [6.07, 6.45) is 4.96. The minimum absolute atomic E-state index is 0.415. The second-order valence-electron chi connectivity index (χ2n) is 4.23. The van der Waals surface area contributed by atoms with E-state index in [0.29, 0.717) is 12.5 Å². The van der Waals surface area contributed by atoms with Crippen LogP contribution in [0.3, 0.4) is 0 Å². The van der Waals surface area contributed by atoms with Crippen molar-refractivity contribution in [2.75, 3.05) is 0 Å². The Hall–Kier alpha value is -1.91. The number of nitrogens with zero attached hydrogens (tertiary/aromatic N) is 4. The van der Waals surface area contributed by atoms with Crippen LogP contribution in [0, 0.1) is 5.92 Å². The molecular formula is C12H16N4O. The third kappa shape index (κ3) is 3.27. The zero-order chi connectivity index (χ0) is 12.1. The Bertz CT molecular complexity index is 453. The van der Waals surface area contributed by atoms with Gasteiger partial charge in [0, 0.05) is 12.7 Å². The lowest BCUT2D eigenvalue weighted by molar-refractivity contribution is 0.281. The van der Waals surface area contributed by atoms with Gasteiger partial charge >= 0.3 is 0 Å². The third-order valence-electron chi connectivity index (χ3n) is 2.24. The molecule has 0 bridgehead atoms. The molecule has 0 amide bonds.